The molecule has 1 aliphatic heterocycles. The van der Waals surface area contributed by atoms with Crippen molar-refractivity contribution in [2.75, 3.05) is 37.6 Å². The van der Waals surface area contributed by atoms with Gasteiger partial charge in [-0.15, -0.1) is 0 Å². The molecular formula is C13H25N5. The topological polar surface area (TPSA) is 50.3 Å². The van der Waals surface area contributed by atoms with Gasteiger partial charge in [-0.2, -0.15) is 5.10 Å². The molecule has 0 aromatic carbocycles. The first-order chi connectivity index (χ1) is 8.67. The van der Waals surface area contributed by atoms with Crippen LogP contribution < -0.4 is 10.6 Å². The quantitative estimate of drug-likeness (QED) is 0.856. The summed E-state index contributed by atoms with van der Waals surface area (Å²) in [4.78, 5) is 4.95. The van der Waals surface area contributed by atoms with Crippen molar-refractivity contribution in [2.24, 2.45) is 12.8 Å². The predicted octanol–water partition coefficient (Wildman–Crippen LogP) is 0.719. The zero-order valence-corrected chi connectivity index (χ0v) is 11.8. The maximum atomic E-state index is 5.86. The molecule has 18 heavy (non-hydrogen) atoms. The Bertz CT molecular complexity index is 390. The molecule has 2 heterocycles. The molecule has 0 amide bonds. The fraction of sp³-hybridized carbons (Fsp3) is 0.769. The van der Waals surface area contributed by atoms with Crippen LogP contribution in [0.1, 0.15) is 24.6 Å². The zero-order valence-electron chi connectivity index (χ0n) is 11.8. The number of hydrogen-bond donors (Lipinski definition) is 1. The highest BCUT2D eigenvalue weighted by molar-refractivity contribution is 5.50. The highest BCUT2D eigenvalue weighted by Gasteiger charge is 2.22. The van der Waals surface area contributed by atoms with E-state index < -0.39 is 0 Å². The Hall–Kier alpha value is -1.07. The standard InChI is InChI=1S/C13H25N5/c1-4-5-17-6-8-18(9-7-17)13-12(10-14)11(2)15-16(13)3/h4-10,14H2,1-3H3. The lowest BCUT2D eigenvalue weighted by Crippen LogP contribution is -2.47. The van der Waals surface area contributed by atoms with Gasteiger partial charge in [-0.3, -0.25) is 9.58 Å². The van der Waals surface area contributed by atoms with E-state index in [1.807, 2.05) is 18.7 Å². The Kier molecular flexibility index (Phi) is 4.24. The van der Waals surface area contributed by atoms with Gasteiger partial charge in [0.1, 0.15) is 5.82 Å². The molecule has 0 saturated carbocycles. The summed E-state index contributed by atoms with van der Waals surface area (Å²) in [6.07, 6.45) is 1.23. The molecule has 1 aromatic heterocycles. The van der Waals surface area contributed by atoms with Crippen LogP contribution in [0.2, 0.25) is 0 Å². The summed E-state index contributed by atoms with van der Waals surface area (Å²) >= 11 is 0. The second kappa shape index (κ2) is 5.71. The minimum absolute atomic E-state index is 0.574. The van der Waals surface area contributed by atoms with Crippen LogP contribution in [-0.2, 0) is 13.6 Å². The van der Waals surface area contributed by atoms with Crippen molar-refractivity contribution in [3.05, 3.63) is 11.3 Å². The summed E-state index contributed by atoms with van der Waals surface area (Å²) < 4.78 is 1.98. The normalized spacial score (nSPS) is 17.4. The van der Waals surface area contributed by atoms with E-state index in [0.717, 1.165) is 31.9 Å². The average molecular weight is 251 g/mol. The van der Waals surface area contributed by atoms with Crippen LogP contribution in [0.15, 0.2) is 0 Å². The van der Waals surface area contributed by atoms with Crippen LogP contribution in [0.4, 0.5) is 5.82 Å². The van der Waals surface area contributed by atoms with E-state index in [1.165, 1.54) is 24.3 Å². The molecule has 0 radical (unpaired) electrons. The van der Waals surface area contributed by atoms with E-state index in [-0.39, 0.29) is 0 Å². The molecule has 0 unspecified atom stereocenters. The minimum Gasteiger partial charge on any atom is -0.354 e. The molecule has 2 N–H and O–H groups in total. The molecule has 1 fully saturated rings. The molecule has 0 bridgehead atoms. The van der Waals surface area contributed by atoms with Gasteiger partial charge in [0.2, 0.25) is 0 Å². The van der Waals surface area contributed by atoms with Crippen molar-refractivity contribution in [3.8, 4) is 0 Å². The summed E-state index contributed by atoms with van der Waals surface area (Å²) in [6.45, 7) is 10.5. The highest BCUT2D eigenvalue weighted by atomic mass is 15.4. The number of aromatic nitrogens is 2. The van der Waals surface area contributed by atoms with Crippen LogP contribution in [0.3, 0.4) is 0 Å². The van der Waals surface area contributed by atoms with Gasteiger partial charge in [0.15, 0.2) is 0 Å². The van der Waals surface area contributed by atoms with Gasteiger partial charge >= 0.3 is 0 Å². The second-order valence-electron chi connectivity index (χ2n) is 5.04. The first-order valence-electron chi connectivity index (χ1n) is 6.87. The van der Waals surface area contributed by atoms with Crippen molar-refractivity contribution < 1.29 is 0 Å². The van der Waals surface area contributed by atoms with Gasteiger partial charge in [-0.05, 0) is 19.9 Å². The summed E-state index contributed by atoms with van der Waals surface area (Å²) in [6, 6.07) is 0. The molecule has 0 aliphatic carbocycles. The lowest BCUT2D eigenvalue weighted by atomic mass is 10.2. The van der Waals surface area contributed by atoms with E-state index in [9.17, 15) is 0 Å². The maximum Gasteiger partial charge on any atom is 0.131 e. The van der Waals surface area contributed by atoms with E-state index in [2.05, 4.69) is 21.8 Å². The number of piperazine rings is 1. The number of rotatable bonds is 4. The third-order valence-electron chi connectivity index (χ3n) is 3.73. The lowest BCUT2D eigenvalue weighted by Gasteiger charge is -2.36. The average Bonchev–Trinajstić information content (AvgIpc) is 2.65. The van der Waals surface area contributed by atoms with Crippen LogP contribution in [0.25, 0.3) is 0 Å². The fourth-order valence-electron chi connectivity index (χ4n) is 2.82. The van der Waals surface area contributed by atoms with Crippen molar-refractivity contribution in [1.29, 1.82) is 0 Å². The number of hydrogen-bond acceptors (Lipinski definition) is 4. The van der Waals surface area contributed by atoms with E-state index in [0.29, 0.717) is 6.54 Å². The summed E-state index contributed by atoms with van der Waals surface area (Å²) in [5.41, 5.74) is 8.11. The summed E-state index contributed by atoms with van der Waals surface area (Å²) in [7, 11) is 2.01. The molecule has 1 saturated heterocycles. The Labute approximate surface area is 110 Å². The Morgan fingerprint density at radius 1 is 1.22 bits per heavy atom. The zero-order chi connectivity index (χ0) is 13.1. The smallest absolute Gasteiger partial charge is 0.131 e. The highest BCUT2D eigenvalue weighted by Crippen LogP contribution is 2.23. The maximum absolute atomic E-state index is 5.86. The summed E-state index contributed by atoms with van der Waals surface area (Å²) in [5, 5.41) is 4.49. The van der Waals surface area contributed by atoms with Crippen molar-refractivity contribution in [3.63, 3.8) is 0 Å². The van der Waals surface area contributed by atoms with Gasteiger partial charge in [0.05, 0.1) is 5.69 Å². The Balaban J connectivity index is 2.09. The molecule has 0 spiro atoms. The lowest BCUT2D eigenvalue weighted by molar-refractivity contribution is 0.257. The van der Waals surface area contributed by atoms with Crippen molar-refractivity contribution in [2.45, 2.75) is 26.8 Å². The molecule has 5 nitrogen and oxygen atoms in total. The number of aryl methyl sites for hydroxylation is 2. The van der Waals surface area contributed by atoms with Gasteiger partial charge < -0.3 is 10.6 Å². The SMILES string of the molecule is CCCN1CCN(c2c(CN)c(C)nn2C)CC1. The molecule has 1 aromatic rings. The first kappa shape index (κ1) is 13.4. The third-order valence-corrected chi connectivity index (χ3v) is 3.73. The van der Waals surface area contributed by atoms with Gasteiger partial charge in [0, 0.05) is 45.3 Å². The molecule has 2 rings (SSSR count). The first-order valence-corrected chi connectivity index (χ1v) is 6.87. The van der Waals surface area contributed by atoms with E-state index in [4.69, 9.17) is 5.73 Å². The monoisotopic (exact) mass is 251 g/mol. The molecule has 102 valence electrons. The minimum atomic E-state index is 0.574. The number of nitrogens with zero attached hydrogens (tertiary/aromatic N) is 4. The number of nitrogens with two attached hydrogens (primary N) is 1. The fourth-order valence-corrected chi connectivity index (χ4v) is 2.82. The van der Waals surface area contributed by atoms with Crippen LogP contribution in [-0.4, -0.2) is 47.4 Å². The van der Waals surface area contributed by atoms with E-state index >= 15 is 0 Å². The third kappa shape index (κ3) is 2.52. The van der Waals surface area contributed by atoms with Gasteiger partial charge in [0.25, 0.3) is 0 Å². The van der Waals surface area contributed by atoms with Crippen LogP contribution >= 0.6 is 0 Å². The Morgan fingerprint density at radius 2 is 1.89 bits per heavy atom. The van der Waals surface area contributed by atoms with Gasteiger partial charge in [-0.1, -0.05) is 6.92 Å². The van der Waals surface area contributed by atoms with Crippen molar-refractivity contribution >= 4 is 5.82 Å². The molecule has 5 heteroatoms. The predicted molar refractivity (Wildman–Crippen MR) is 74.8 cm³/mol. The van der Waals surface area contributed by atoms with Crippen molar-refractivity contribution in [1.82, 2.24) is 14.7 Å². The van der Waals surface area contributed by atoms with Crippen LogP contribution in [0, 0.1) is 6.92 Å². The largest absolute Gasteiger partial charge is 0.354 e. The molecular weight excluding hydrogens is 226 g/mol. The Morgan fingerprint density at radius 3 is 2.44 bits per heavy atom. The molecule has 1 aliphatic rings. The van der Waals surface area contributed by atoms with Gasteiger partial charge in [-0.25, -0.2) is 0 Å². The summed E-state index contributed by atoms with van der Waals surface area (Å²) in [5.74, 6) is 1.21. The van der Waals surface area contributed by atoms with E-state index in [1.54, 1.807) is 0 Å². The molecule has 0 atom stereocenters. The second-order valence-corrected chi connectivity index (χ2v) is 5.04. The van der Waals surface area contributed by atoms with Crippen LogP contribution in [0.5, 0.6) is 0 Å². The number of anilines is 1.